The summed E-state index contributed by atoms with van der Waals surface area (Å²) >= 11 is 0. The van der Waals surface area contributed by atoms with Crippen LogP contribution < -0.4 is 21.7 Å². The van der Waals surface area contributed by atoms with Gasteiger partial charge in [-0.25, -0.2) is 0 Å². The molecule has 1 aromatic carbocycles. The zero-order valence-corrected chi connectivity index (χ0v) is 12.7. The normalized spacial score (nSPS) is 12.8. The molecule has 0 spiro atoms. The maximum absolute atomic E-state index is 12.1. The molecular weight excluding hydrogens is 308 g/mol. The van der Waals surface area contributed by atoms with Crippen LogP contribution in [0.15, 0.2) is 24.3 Å². The van der Waals surface area contributed by atoms with Crippen molar-refractivity contribution in [3.8, 4) is 0 Å². The molecule has 0 heterocycles. The molecule has 0 unspecified atom stereocenters. The Morgan fingerprint density at radius 1 is 1.14 bits per heavy atom. The Morgan fingerprint density at radius 2 is 1.82 bits per heavy atom. The zero-order chi connectivity index (χ0) is 15.2. The fourth-order valence-electron chi connectivity index (χ4n) is 1.73. The molecule has 120 valence electrons. The van der Waals surface area contributed by atoms with E-state index in [9.17, 15) is 14.4 Å². The van der Waals surface area contributed by atoms with E-state index < -0.39 is 11.8 Å². The largest absolute Gasteiger partial charge is 0.349 e. The van der Waals surface area contributed by atoms with Crippen molar-refractivity contribution in [2.24, 2.45) is 5.73 Å². The van der Waals surface area contributed by atoms with E-state index in [4.69, 9.17) is 5.73 Å². The number of carbonyl (C=O) groups excluding carboxylic acids is 3. The van der Waals surface area contributed by atoms with Gasteiger partial charge in [-0.2, -0.15) is 0 Å². The molecule has 0 radical (unpaired) electrons. The lowest BCUT2D eigenvalue weighted by Gasteiger charge is -2.11. The van der Waals surface area contributed by atoms with Gasteiger partial charge in [0, 0.05) is 6.04 Å². The Kier molecular flexibility index (Phi) is 6.81. The van der Waals surface area contributed by atoms with Gasteiger partial charge in [-0.05, 0) is 25.0 Å². The number of nitrogens with two attached hydrogens (primary N) is 1. The second kappa shape index (κ2) is 8.35. The smallest absolute Gasteiger partial charge is 0.253 e. The van der Waals surface area contributed by atoms with Gasteiger partial charge >= 0.3 is 0 Å². The average molecular weight is 327 g/mol. The van der Waals surface area contributed by atoms with Gasteiger partial charge in [0.15, 0.2) is 0 Å². The summed E-state index contributed by atoms with van der Waals surface area (Å²) in [5.74, 6) is -1.03. The number of anilines is 1. The molecule has 1 saturated carbocycles. The van der Waals surface area contributed by atoms with E-state index in [1.807, 2.05) is 0 Å². The van der Waals surface area contributed by atoms with E-state index >= 15 is 0 Å². The molecular formula is C14H19ClN4O3. The second-order valence-electron chi connectivity index (χ2n) is 4.82. The maximum Gasteiger partial charge on any atom is 0.253 e. The van der Waals surface area contributed by atoms with Gasteiger partial charge in [0.05, 0.1) is 24.3 Å². The van der Waals surface area contributed by atoms with Gasteiger partial charge in [0.1, 0.15) is 0 Å². The summed E-state index contributed by atoms with van der Waals surface area (Å²) in [6.45, 7) is -0.359. The number of rotatable bonds is 6. The number of para-hydroxylation sites is 1. The standard InChI is InChI=1S/C14H18N4O3.ClH/c15-7-12(19)16-8-13(20)18-11-4-2-1-3-10(11)14(21)17-9-5-6-9;/h1-4,9H,5-8,15H2,(H,16,19)(H,17,21)(H,18,20);1H. The van der Waals surface area contributed by atoms with Gasteiger partial charge in [-0.1, -0.05) is 12.1 Å². The van der Waals surface area contributed by atoms with Gasteiger partial charge in [-0.3, -0.25) is 14.4 Å². The van der Waals surface area contributed by atoms with E-state index in [1.165, 1.54) is 0 Å². The van der Waals surface area contributed by atoms with E-state index in [2.05, 4.69) is 16.0 Å². The summed E-state index contributed by atoms with van der Waals surface area (Å²) in [5.41, 5.74) is 5.95. The predicted molar refractivity (Wildman–Crippen MR) is 84.9 cm³/mol. The highest BCUT2D eigenvalue weighted by Gasteiger charge is 2.24. The first-order chi connectivity index (χ1) is 10.1. The lowest BCUT2D eigenvalue weighted by molar-refractivity contribution is -0.123. The Bertz CT molecular complexity index is 561. The molecule has 0 atom stereocenters. The number of hydrogen-bond acceptors (Lipinski definition) is 4. The molecule has 5 N–H and O–H groups in total. The van der Waals surface area contributed by atoms with Crippen molar-refractivity contribution >= 4 is 35.8 Å². The topological polar surface area (TPSA) is 113 Å². The van der Waals surface area contributed by atoms with Crippen molar-refractivity contribution in [3.63, 3.8) is 0 Å². The Hall–Kier alpha value is -2.12. The van der Waals surface area contributed by atoms with Crippen molar-refractivity contribution < 1.29 is 14.4 Å². The van der Waals surface area contributed by atoms with Gasteiger partial charge in [-0.15, -0.1) is 12.4 Å². The lowest BCUT2D eigenvalue weighted by atomic mass is 10.1. The Labute approximate surface area is 134 Å². The number of benzene rings is 1. The van der Waals surface area contributed by atoms with E-state index in [1.54, 1.807) is 24.3 Å². The quantitative estimate of drug-likeness (QED) is 0.590. The van der Waals surface area contributed by atoms with Crippen molar-refractivity contribution in [2.75, 3.05) is 18.4 Å². The van der Waals surface area contributed by atoms with E-state index in [0.717, 1.165) is 12.8 Å². The lowest BCUT2D eigenvalue weighted by Crippen LogP contribution is -2.37. The highest BCUT2D eigenvalue weighted by atomic mass is 35.5. The molecule has 1 aliphatic rings. The van der Waals surface area contributed by atoms with Crippen molar-refractivity contribution in [1.29, 1.82) is 0 Å². The average Bonchev–Trinajstić information content (AvgIpc) is 3.29. The van der Waals surface area contributed by atoms with Crippen LogP contribution in [-0.4, -0.2) is 36.9 Å². The highest BCUT2D eigenvalue weighted by molar-refractivity contribution is 6.04. The third kappa shape index (κ3) is 5.34. The number of hydrogen-bond donors (Lipinski definition) is 4. The minimum absolute atomic E-state index is 0. The van der Waals surface area contributed by atoms with E-state index in [0.29, 0.717) is 11.3 Å². The molecule has 0 aliphatic heterocycles. The first-order valence-electron chi connectivity index (χ1n) is 6.76. The predicted octanol–water partition coefficient (Wildman–Crippen LogP) is 0.0140. The zero-order valence-electron chi connectivity index (χ0n) is 11.9. The van der Waals surface area contributed by atoms with Crippen LogP contribution in [-0.2, 0) is 9.59 Å². The molecule has 8 heteroatoms. The monoisotopic (exact) mass is 326 g/mol. The fourth-order valence-corrected chi connectivity index (χ4v) is 1.73. The molecule has 1 aliphatic carbocycles. The van der Waals surface area contributed by atoms with Gasteiger partial charge < -0.3 is 21.7 Å². The molecule has 0 bridgehead atoms. The highest BCUT2D eigenvalue weighted by Crippen LogP contribution is 2.21. The van der Waals surface area contributed by atoms with Crippen LogP contribution in [0.4, 0.5) is 5.69 Å². The second-order valence-corrected chi connectivity index (χ2v) is 4.82. The molecule has 22 heavy (non-hydrogen) atoms. The number of halogens is 1. The van der Waals surface area contributed by atoms with Crippen LogP contribution in [0.25, 0.3) is 0 Å². The summed E-state index contributed by atoms with van der Waals surface area (Å²) in [7, 11) is 0. The van der Waals surface area contributed by atoms with Crippen LogP contribution in [0.2, 0.25) is 0 Å². The minimum Gasteiger partial charge on any atom is -0.349 e. The first kappa shape index (κ1) is 17.9. The van der Waals surface area contributed by atoms with Crippen LogP contribution in [0.1, 0.15) is 23.2 Å². The van der Waals surface area contributed by atoms with Gasteiger partial charge in [0.25, 0.3) is 5.91 Å². The van der Waals surface area contributed by atoms with Crippen LogP contribution in [0.3, 0.4) is 0 Å². The van der Waals surface area contributed by atoms with Crippen LogP contribution in [0.5, 0.6) is 0 Å². The fraction of sp³-hybridized carbons (Fsp3) is 0.357. The van der Waals surface area contributed by atoms with Crippen molar-refractivity contribution in [3.05, 3.63) is 29.8 Å². The Morgan fingerprint density at radius 3 is 2.45 bits per heavy atom. The summed E-state index contributed by atoms with van der Waals surface area (Å²) < 4.78 is 0. The minimum atomic E-state index is -0.413. The molecule has 1 aromatic rings. The third-order valence-corrected chi connectivity index (χ3v) is 2.99. The molecule has 7 nitrogen and oxygen atoms in total. The molecule has 2 rings (SSSR count). The number of amides is 3. The molecule has 3 amide bonds. The Balaban J connectivity index is 0.00000242. The summed E-state index contributed by atoms with van der Waals surface area (Å²) in [6.07, 6.45) is 1.98. The third-order valence-electron chi connectivity index (χ3n) is 2.99. The van der Waals surface area contributed by atoms with E-state index in [-0.39, 0.29) is 37.4 Å². The molecule has 0 aromatic heterocycles. The van der Waals surface area contributed by atoms with Crippen LogP contribution in [0, 0.1) is 0 Å². The SMILES string of the molecule is Cl.NCC(=O)NCC(=O)Nc1ccccc1C(=O)NC1CC1. The summed E-state index contributed by atoms with van der Waals surface area (Å²) in [5, 5.41) is 7.84. The maximum atomic E-state index is 12.1. The van der Waals surface area contributed by atoms with Crippen molar-refractivity contribution in [2.45, 2.75) is 18.9 Å². The molecule has 0 saturated heterocycles. The summed E-state index contributed by atoms with van der Waals surface area (Å²) in [4.78, 5) is 34.8. The van der Waals surface area contributed by atoms with Crippen LogP contribution >= 0.6 is 12.4 Å². The number of carbonyl (C=O) groups is 3. The molecule has 1 fully saturated rings. The number of nitrogens with one attached hydrogen (secondary N) is 3. The van der Waals surface area contributed by atoms with Gasteiger partial charge in [0.2, 0.25) is 11.8 Å². The first-order valence-corrected chi connectivity index (χ1v) is 6.76. The summed E-state index contributed by atoms with van der Waals surface area (Å²) in [6, 6.07) is 6.98. The van der Waals surface area contributed by atoms with Crippen molar-refractivity contribution in [1.82, 2.24) is 10.6 Å².